The fraction of sp³-hybridized carbons (Fsp3) is 0.778. The predicted octanol–water partition coefficient (Wildman–Crippen LogP) is 3.85. The first kappa shape index (κ1) is 21.6. The number of esters is 2. The van der Waals surface area contributed by atoms with Crippen molar-refractivity contribution < 1.29 is 19.1 Å². The molecule has 2 N–H and O–H groups in total. The van der Waals surface area contributed by atoms with Crippen LogP contribution in [0.15, 0.2) is 12.3 Å². The van der Waals surface area contributed by atoms with E-state index < -0.39 is 12.0 Å². The fourth-order valence-electron chi connectivity index (χ4n) is 2.16. The second-order valence-electron chi connectivity index (χ2n) is 5.79. The molecule has 5 heteroatoms. The zero-order valence-corrected chi connectivity index (χ0v) is 14.7. The smallest absolute Gasteiger partial charge is 0.327 e. The van der Waals surface area contributed by atoms with Gasteiger partial charge in [0, 0.05) is 6.42 Å². The summed E-state index contributed by atoms with van der Waals surface area (Å²) in [5.74, 6) is -0.889. The third-order valence-electron chi connectivity index (χ3n) is 3.69. The van der Waals surface area contributed by atoms with E-state index in [1.807, 2.05) is 6.08 Å². The Morgan fingerprint density at radius 2 is 1.65 bits per heavy atom. The van der Waals surface area contributed by atoms with Crippen molar-refractivity contribution in [2.75, 3.05) is 7.11 Å². The molecule has 0 rings (SSSR count). The Bertz CT molecular complexity index is 342. The molecular formula is C18H33NO4. The van der Waals surface area contributed by atoms with E-state index >= 15 is 0 Å². The van der Waals surface area contributed by atoms with Gasteiger partial charge in [0.05, 0.1) is 13.4 Å². The van der Waals surface area contributed by atoms with E-state index in [0.29, 0.717) is 0 Å². The van der Waals surface area contributed by atoms with Crippen LogP contribution in [-0.2, 0) is 19.1 Å². The van der Waals surface area contributed by atoms with E-state index in [4.69, 9.17) is 10.5 Å². The summed E-state index contributed by atoms with van der Waals surface area (Å²) >= 11 is 0. The minimum atomic E-state index is -0.790. The molecule has 0 bridgehead atoms. The van der Waals surface area contributed by atoms with Crippen LogP contribution in [0.1, 0.15) is 77.6 Å². The van der Waals surface area contributed by atoms with Gasteiger partial charge in [-0.05, 0) is 25.3 Å². The second kappa shape index (κ2) is 15.5. The molecule has 23 heavy (non-hydrogen) atoms. The number of nitrogens with two attached hydrogens (primary N) is 1. The number of ether oxygens (including phenoxy) is 2. The Hall–Kier alpha value is -1.36. The van der Waals surface area contributed by atoms with Crippen LogP contribution in [0.2, 0.25) is 0 Å². The standard InChI is InChI=1S/C18H33NO4/c1-3-4-5-6-7-8-9-10-11-12-15-23-18(21)16(19)13-14-17(20)22-2/h12,15-16H,3-11,13-14,19H2,1-2H3/b15-12+. The Labute approximate surface area is 140 Å². The van der Waals surface area contributed by atoms with E-state index in [9.17, 15) is 9.59 Å². The minimum Gasteiger partial charge on any atom is -0.469 e. The van der Waals surface area contributed by atoms with Gasteiger partial charge < -0.3 is 15.2 Å². The van der Waals surface area contributed by atoms with Gasteiger partial charge in [0.1, 0.15) is 6.04 Å². The molecule has 1 unspecified atom stereocenters. The lowest BCUT2D eigenvalue weighted by Gasteiger charge is -2.07. The van der Waals surface area contributed by atoms with Crippen LogP contribution in [0.4, 0.5) is 0 Å². The highest BCUT2D eigenvalue weighted by molar-refractivity contribution is 5.77. The summed E-state index contributed by atoms with van der Waals surface area (Å²) in [5, 5.41) is 0. The summed E-state index contributed by atoms with van der Waals surface area (Å²) in [5.41, 5.74) is 5.63. The maximum absolute atomic E-state index is 11.6. The van der Waals surface area contributed by atoms with Crippen LogP contribution < -0.4 is 5.73 Å². The zero-order chi connectivity index (χ0) is 17.3. The maximum Gasteiger partial charge on any atom is 0.327 e. The van der Waals surface area contributed by atoms with Gasteiger partial charge in [-0.15, -0.1) is 0 Å². The molecular weight excluding hydrogens is 294 g/mol. The molecule has 0 saturated carbocycles. The average Bonchev–Trinajstić information content (AvgIpc) is 2.56. The van der Waals surface area contributed by atoms with Gasteiger partial charge in [0.15, 0.2) is 0 Å². The van der Waals surface area contributed by atoms with Crippen LogP contribution in [0.3, 0.4) is 0 Å². The van der Waals surface area contributed by atoms with Gasteiger partial charge >= 0.3 is 11.9 Å². The number of methoxy groups -OCH3 is 1. The SMILES string of the molecule is CCCCCCCCCC/C=C/OC(=O)C(N)CCC(=O)OC. The quantitative estimate of drug-likeness (QED) is 0.298. The number of allylic oxidation sites excluding steroid dienone is 1. The highest BCUT2D eigenvalue weighted by Crippen LogP contribution is 2.09. The third-order valence-corrected chi connectivity index (χ3v) is 3.69. The normalized spacial score (nSPS) is 12.3. The van der Waals surface area contributed by atoms with E-state index in [0.717, 1.165) is 12.8 Å². The molecule has 0 spiro atoms. The summed E-state index contributed by atoms with van der Waals surface area (Å²) in [6.45, 7) is 2.23. The lowest BCUT2D eigenvalue weighted by atomic mass is 10.1. The van der Waals surface area contributed by atoms with Gasteiger partial charge in [-0.3, -0.25) is 4.79 Å². The predicted molar refractivity (Wildman–Crippen MR) is 91.7 cm³/mol. The molecule has 0 aliphatic carbocycles. The second-order valence-corrected chi connectivity index (χ2v) is 5.79. The van der Waals surface area contributed by atoms with Crippen molar-refractivity contribution >= 4 is 11.9 Å². The van der Waals surface area contributed by atoms with Crippen molar-refractivity contribution in [3.05, 3.63) is 12.3 Å². The molecule has 1 atom stereocenters. The number of unbranched alkanes of at least 4 members (excludes halogenated alkanes) is 8. The highest BCUT2D eigenvalue weighted by atomic mass is 16.5. The zero-order valence-electron chi connectivity index (χ0n) is 14.7. The highest BCUT2D eigenvalue weighted by Gasteiger charge is 2.15. The van der Waals surface area contributed by atoms with Crippen LogP contribution in [-0.4, -0.2) is 25.1 Å². The third kappa shape index (κ3) is 14.0. The molecule has 0 amide bonds. The van der Waals surface area contributed by atoms with Crippen molar-refractivity contribution in [2.45, 2.75) is 83.6 Å². The maximum atomic E-state index is 11.6. The molecule has 134 valence electrons. The Kier molecular flexibility index (Phi) is 14.6. The number of hydrogen-bond donors (Lipinski definition) is 1. The molecule has 0 aromatic rings. The summed E-state index contributed by atoms with van der Waals surface area (Å²) in [6.07, 6.45) is 14.7. The van der Waals surface area contributed by atoms with E-state index in [2.05, 4.69) is 11.7 Å². The van der Waals surface area contributed by atoms with Crippen molar-refractivity contribution in [3.63, 3.8) is 0 Å². The van der Waals surface area contributed by atoms with E-state index in [-0.39, 0.29) is 18.8 Å². The Morgan fingerprint density at radius 3 is 2.26 bits per heavy atom. The molecule has 0 fully saturated rings. The first-order valence-corrected chi connectivity index (χ1v) is 8.79. The van der Waals surface area contributed by atoms with E-state index in [1.165, 1.54) is 58.3 Å². The monoisotopic (exact) mass is 327 g/mol. The fourth-order valence-corrected chi connectivity index (χ4v) is 2.16. The Balaban J connectivity index is 3.51. The number of rotatable bonds is 14. The molecule has 0 aromatic heterocycles. The Morgan fingerprint density at radius 1 is 1.04 bits per heavy atom. The molecule has 5 nitrogen and oxygen atoms in total. The van der Waals surface area contributed by atoms with Gasteiger partial charge in [0.25, 0.3) is 0 Å². The molecule has 0 aliphatic rings. The van der Waals surface area contributed by atoms with Gasteiger partial charge in [0.2, 0.25) is 0 Å². The lowest BCUT2D eigenvalue weighted by Crippen LogP contribution is -2.31. The van der Waals surface area contributed by atoms with Crippen molar-refractivity contribution in [3.8, 4) is 0 Å². The lowest BCUT2D eigenvalue weighted by molar-refractivity contribution is -0.142. The largest absolute Gasteiger partial charge is 0.469 e. The van der Waals surface area contributed by atoms with Crippen molar-refractivity contribution in [2.24, 2.45) is 5.73 Å². The molecule has 0 aliphatic heterocycles. The topological polar surface area (TPSA) is 78.6 Å². The van der Waals surface area contributed by atoms with Crippen LogP contribution in [0.25, 0.3) is 0 Å². The number of hydrogen-bond acceptors (Lipinski definition) is 5. The van der Waals surface area contributed by atoms with Crippen molar-refractivity contribution in [1.29, 1.82) is 0 Å². The molecule has 0 aromatic carbocycles. The molecule has 0 radical (unpaired) electrons. The van der Waals surface area contributed by atoms with Crippen molar-refractivity contribution in [1.82, 2.24) is 0 Å². The first-order valence-electron chi connectivity index (χ1n) is 8.79. The number of carbonyl (C=O) groups excluding carboxylic acids is 2. The summed E-state index contributed by atoms with van der Waals surface area (Å²) in [6, 6.07) is -0.790. The molecule has 0 heterocycles. The minimum absolute atomic E-state index is 0.120. The van der Waals surface area contributed by atoms with E-state index in [1.54, 1.807) is 0 Å². The van der Waals surface area contributed by atoms with Gasteiger partial charge in [-0.1, -0.05) is 51.9 Å². The summed E-state index contributed by atoms with van der Waals surface area (Å²) in [4.78, 5) is 22.5. The van der Waals surface area contributed by atoms with Crippen LogP contribution in [0, 0.1) is 0 Å². The van der Waals surface area contributed by atoms with Gasteiger partial charge in [-0.2, -0.15) is 0 Å². The summed E-state index contributed by atoms with van der Waals surface area (Å²) < 4.78 is 9.44. The average molecular weight is 327 g/mol. The molecule has 0 saturated heterocycles. The summed E-state index contributed by atoms with van der Waals surface area (Å²) in [7, 11) is 1.31. The van der Waals surface area contributed by atoms with Gasteiger partial charge in [-0.25, -0.2) is 4.79 Å². The van der Waals surface area contributed by atoms with Crippen LogP contribution in [0.5, 0.6) is 0 Å². The van der Waals surface area contributed by atoms with Crippen LogP contribution >= 0.6 is 0 Å². The number of carbonyl (C=O) groups is 2. The first-order chi connectivity index (χ1) is 11.1.